The second kappa shape index (κ2) is 6.55. The summed E-state index contributed by atoms with van der Waals surface area (Å²) < 4.78 is 42.2. The van der Waals surface area contributed by atoms with E-state index in [2.05, 4.69) is 15.4 Å². The van der Waals surface area contributed by atoms with Gasteiger partial charge in [-0.1, -0.05) is 0 Å². The third-order valence-corrected chi connectivity index (χ3v) is 2.07. The molecule has 0 radical (unpaired) electrons. The summed E-state index contributed by atoms with van der Waals surface area (Å²) in [5.41, 5.74) is 0. The summed E-state index contributed by atoms with van der Waals surface area (Å²) in [7, 11) is 1.58. The summed E-state index contributed by atoms with van der Waals surface area (Å²) in [6.07, 6.45) is -3.82. The lowest BCUT2D eigenvalue weighted by molar-refractivity contribution is -0.137. The van der Waals surface area contributed by atoms with Gasteiger partial charge in [-0.2, -0.15) is 18.3 Å². The summed E-state index contributed by atoms with van der Waals surface area (Å²) in [4.78, 5) is 3.90. The molecular formula is C9H15F3N4O. The Morgan fingerprint density at radius 2 is 2.24 bits per heavy atom. The zero-order valence-corrected chi connectivity index (χ0v) is 9.50. The maximum absolute atomic E-state index is 12.0. The average molecular weight is 252 g/mol. The van der Waals surface area contributed by atoms with Crippen LogP contribution in [0.1, 0.15) is 12.2 Å². The van der Waals surface area contributed by atoms with Gasteiger partial charge in [-0.05, 0) is 0 Å². The lowest BCUT2D eigenvalue weighted by Gasteiger charge is -2.09. The summed E-state index contributed by atoms with van der Waals surface area (Å²) in [6.45, 7) is 1.32. The monoisotopic (exact) mass is 252 g/mol. The van der Waals surface area contributed by atoms with Crippen molar-refractivity contribution in [3.05, 3.63) is 12.2 Å². The van der Waals surface area contributed by atoms with Gasteiger partial charge in [-0.3, -0.25) is 0 Å². The van der Waals surface area contributed by atoms with Gasteiger partial charge in [0.25, 0.3) is 0 Å². The Labute approximate surface area is 97.0 Å². The van der Waals surface area contributed by atoms with Crippen molar-refractivity contribution < 1.29 is 17.9 Å². The van der Waals surface area contributed by atoms with Crippen LogP contribution in [0.4, 0.5) is 13.2 Å². The molecule has 0 spiro atoms. The van der Waals surface area contributed by atoms with Crippen LogP contribution < -0.4 is 5.32 Å². The maximum atomic E-state index is 12.0. The standard InChI is InChI=1S/C9H15F3N4O/c1-17-5-3-13-6-8-14-7-15-16(8)4-2-9(10,11)12/h7,13H,2-6H2,1H3. The lowest BCUT2D eigenvalue weighted by Crippen LogP contribution is -2.22. The Bertz CT molecular complexity index is 326. The fourth-order valence-electron chi connectivity index (χ4n) is 1.22. The normalized spacial score (nSPS) is 12.0. The molecule has 17 heavy (non-hydrogen) atoms. The van der Waals surface area contributed by atoms with Gasteiger partial charge >= 0.3 is 6.18 Å². The van der Waals surface area contributed by atoms with Crippen molar-refractivity contribution in [3.63, 3.8) is 0 Å². The topological polar surface area (TPSA) is 52.0 Å². The minimum atomic E-state index is -4.17. The number of methoxy groups -OCH3 is 1. The third kappa shape index (κ3) is 5.64. The van der Waals surface area contributed by atoms with Crippen molar-refractivity contribution in [1.82, 2.24) is 20.1 Å². The number of rotatable bonds is 7. The van der Waals surface area contributed by atoms with Crippen molar-refractivity contribution in [2.45, 2.75) is 25.7 Å². The number of alkyl halides is 3. The van der Waals surface area contributed by atoms with Crippen molar-refractivity contribution in [1.29, 1.82) is 0 Å². The molecule has 1 N–H and O–H groups in total. The number of nitrogens with zero attached hydrogens (tertiary/aromatic N) is 3. The number of hydrogen-bond donors (Lipinski definition) is 1. The molecule has 1 aromatic heterocycles. The van der Waals surface area contributed by atoms with E-state index in [-0.39, 0.29) is 6.54 Å². The molecule has 1 aromatic rings. The second-order valence-corrected chi connectivity index (χ2v) is 3.43. The van der Waals surface area contributed by atoms with E-state index in [1.54, 1.807) is 7.11 Å². The molecule has 1 heterocycles. The van der Waals surface area contributed by atoms with Crippen LogP contribution in [0.25, 0.3) is 0 Å². The van der Waals surface area contributed by atoms with Crippen molar-refractivity contribution in [2.24, 2.45) is 0 Å². The third-order valence-electron chi connectivity index (χ3n) is 2.07. The molecule has 0 atom stereocenters. The second-order valence-electron chi connectivity index (χ2n) is 3.43. The van der Waals surface area contributed by atoms with E-state index in [0.717, 1.165) is 0 Å². The quantitative estimate of drug-likeness (QED) is 0.735. The predicted octanol–water partition coefficient (Wildman–Crippen LogP) is 0.966. The summed E-state index contributed by atoms with van der Waals surface area (Å²) in [5.74, 6) is 0.491. The molecule has 5 nitrogen and oxygen atoms in total. The number of aromatic nitrogens is 3. The van der Waals surface area contributed by atoms with Crippen molar-refractivity contribution >= 4 is 0 Å². The van der Waals surface area contributed by atoms with Gasteiger partial charge in [0.2, 0.25) is 0 Å². The lowest BCUT2D eigenvalue weighted by atomic mass is 10.4. The van der Waals surface area contributed by atoms with Crippen LogP contribution in [0.3, 0.4) is 0 Å². The van der Waals surface area contributed by atoms with Gasteiger partial charge in [-0.25, -0.2) is 9.67 Å². The molecular weight excluding hydrogens is 237 g/mol. The van der Waals surface area contributed by atoms with Gasteiger partial charge in [0.1, 0.15) is 12.2 Å². The molecule has 8 heteroatoms. The Morgan fingerprint density at radius 1 is 1.47 bits per heavy atom. The van der Waals surface area contributed by atoms with E-state index in [4.69, 9.17) is 4.74 Å². The molecule has 98 valence electrons. The molecule has 0 aliphatic carbocycles. The molecule has 0 saturated carbocycles. The van der Waals surface area contributed by atoms with E-state index in [9.17, 15) is 13.2 Å². The van der Waals surface area contributed by atoms with E-state index < -0.39 is 12.6 Å². The zero-order chi connectivity index (χ0) is 12.7. The highest BCUT2D eigenvalue weighted by Crippen LogP contribution is 2.20. The maximum Gasteiger partial charge on any atom is 0.390 e. The van der Waals surface area contributed by atoms with E-state index in [1.807, 2.05) is 0 Å². The van der Waals surface area contributed by atoms with Crippen LogP contribution in [0.5, 0.6) is 0 Å². The Kier molecular flexibility index (Phi) is 5.36. The molecule has 0 fully saturated rings. The average Bonchev–Trinajstić information content (AvgIpc) is 2.68. The van der Waals surface area contributed by atoms with Crippen LogP contribution in [-0.4, -0.2) is 41.2 Å². The highest BCUT2D eigenvalue weighted by atomic mass is 19.4. The van der Waals surface area contributed by atoms with Crippen LogP contribution in [0.15, 0.2) is 6.33 Å². The Morgan fingerprint density at radius 3 is 2.88 bits per heavy atom. The van der Waals surface area contributed by atoms with Gasteiger partial charge in [0.05, 0.1) is 26.1 Å². The van der Waals surface area contributed by atoms with Crippen molar-refractivity contribution in [2.75, 3.05) is 20.3 Å². The smallest absolute Gasteiger partial charge is 0.383 e. The first-order chi connectivity index (χ1) is 8.03. The predicted molar refractivity (Wildman–Crippen MR) is 54.3 cm³/mol. The summed E-state index contributed by atoms with van der Waals surface area (Å²) in [5, 5.41) is 6.75. The molecule has 1 rings (SSSR count). The minimum Gasteiger partial charge on any atom is -0.383 e. The van der Waals surface area contributed by atoms with Crippen LogP contribution in [0.2, 0.25) is 0 Å². The van der Waals surface area contributed by atoms with Gasteiger partial charge in [0, 0.05) is 13.7 Å². The number of hydrogen-bond acceptors (Lipinski definition) is 4. The van der Waals surface area contributed by atoms with E-state index in [0.29, 0.717) is 25.5 Å². The van der Waals surface area contributed by atoms with Crippen molar-refractivity contribution in [3.8, 4) is 0 Å². The Balaban J connectivity index is 2.37. The van der Waals surface area contributed by atoms with E-state index >= 15 is 0 Å². The first kappa shape index (κ1) is 13.9. The SMILES string of the molecule is COCCNCc1ncnn1CCC(F)(F)F. The van der Waals surface area contributed by atoms with Crippen LogP contribution in [-0.2, 0) is 17.8 Å². The van der Waals surface area contributed by atoms with Crippen LogP contribution in [0, 0.1) is 0 Å². The summed E-state index contributed by atoms with van der Waals surface area (Å²) in [6, 6.07) is 0. The fourth-order valence-corrected chi connectivity index (χ4v) is 1.22. The molecule has 0 bridgehead atoms. The number of nitrogens with one attached hydrogen (secondary N) is 1. The largest absolute Gasteiger partial charge is 0.390 e. The fraction of sp³-hybridized carbons (Fsp3) is 0.778. The first-order valence-corrected chi connectivity index (χ1v) is 5.16. The minimum absolute atomic E-state index is 0.204. The molecule has 0 saturated heterocycles. The number of halogens is 3. The Hall–Kier alpha value is -1.15. The number of ether oxygens (including phenoxy) is 1. The van der Waals surface area contributed by atoms with E-state index in [1.165, 1.54) is 11.0 Å². The van der Waals surface area contributed by atoms with Gasteiger partial charge in [-0.15, -0.1) is 0 Å². The highest BCUT2D eigenvalue weighted by Gasteiger charge is 2.27. The number of aryl methyl sites for hydroxylation is 1. The van der Waals surface area contributed by atoms with Crippen LogP contribution >= 0.6 is 0 Å². The molecule has 0 aliphatic heterocycles. The highest BCUT2D eigenvalue weighted by molar-refractivity contribution is 4.83. The summed E-state index contributed by atoms with van der Waals surface area (Å²) >= 11 is 0. The molecule has 0 aromatic carbocycles. The van der Waals surface area contributed by atoms with Gasteiger partial charge in [0.15, 0.2) is 0 Å². The molecule has 0 unspecified atom stereocenters. The molecule has 0 aliphatic rings. The first-order valence-electron chi connectivity index (χ1n) is 5.16. The zero-order valence-electron chi connectivity index (χ0n) is 9.50. The molecule has 0 amide bonds. The van der Waals surface area contributed by atoms with Gasteiger partial charge < -0.3 is 10.1 Å².